The lowest BCUT2D eigenvalue weighted by Crippen LogP contribution is -2.40. The number of piperidine rings is 1. The first-order chi connectivity index (χ1) is 11.1. The summed E-state index contributed by atoms with van der Waals surface area (Å²) in [6.07, 6.45) is 3.88. The normalized spacial score (nSPS) is 16.6. The molecule has 0 saturated carbocycles. The second-order valence-corrected chi connectivity index (χ2v) is 7.31. The topological polar surface area (TPSA) is 30.9 Å². The van der Waals surface area contributed by atoms with Crippen molar-refractivity contribution in [3.05, 3.63) is 34.3 Å². The molecule has 1 aliphatic rings. The Morgan fingerprint density at radius 1 is 1.33 bits per heavy atom. The van der Waals surface area contributed by atoms with Crippen LogP contribution in [0.25, 0.3) is 0 Å². The first-order valence-corrected chi connectivity index (χ1v) is 9.23. The number of hydrogen-bond acceptors (Lipinski definition) is 2. The fourth-order valence-electron chi connectivity index (χ4n) is 3.08. The molecule has 0 bridgehead atoms. The Bertz CT molecular complexity index is 515. The van der Waals surface area contributed by atoms with E-state index in [1.165, 1.54) is 37.9 Å². The van der Waals surface area contributed by atoms with Gasteiger partial charge in [-0.25, -0.2) is 0 Å². The Morgan fingerprint density at radius 2 is 2.00 bits per heavy atom. The highest BCUT2D eigenvalue weighted by Crippen LogP contribution is 2.19. The second-order valence-electron chi connectivity index (χ2n) is 6.46. The van der Waals surface area contributed by atoms with Gasteiger partial charge in [-0.2, -0.15) is 0 Å². The minimum absolute atomic E-state index is 0. The summed E-state index contributed by atoms with van der Waals surface area (Å²) in [6, 6.07) is 8.35. The van der Waals surface area contributed by atoms with Crippen molar-refractivity contribution in [2.45, 2.75) is 25.8 Å². The fraction of sp³-hybridized carbons (Fsp3) is 0.611. The van der Waals surface area contributed by atoms with Gasteiger partial charge in [0.1, 0.15) is 0 Å². The molecule has 0 spiro atoms. The summed E-state index contributed by atoms with van der Waals surface area (Å²) in [6.45, 7) is 4.32. The summed E-state index contributed by atoms with van der Waals surface area (Å²) in [5.41, 5.74) is 1.27. The number of aliphatic imine (C=N–C) groups is 1. The van der Waals surface area contributed by atoms with Gasteiger partial charge in [-0.3, -0.25) is 4.99 Å². The molecule has 0 radical (unpaired) electrons. The molecular formula is C18H30BrIN4. The number of likely N-dealkylation sites (tertiary alicyclic amines) is 1. The summed E-state index contributed by atoms with van der Waals surface area (Å²) in [5.74, 6) is 1.82. The zero-order chi connectivity index (χ0) is 16.7. The van der Waals surface area contributed by atoms with E-state index in [1.807, 2.05) is 13.1 Å². The average Bonchev–Trinajstić information content (AvgIpc) is 2.55. The van der Waals surface area contributed by atoms with E-state index in [-0.39, 0.29) is 24.0 Å². The number of nitrogens with zero attached hydrogens (tertiary/aromatic N) is 3. The molecule has 0 amide bonds. The summed E-state index contributed by atoms with van der Waals surface area (Å²) in [5, 5.41) is 3.51. The van der Waals surface area contributed by atoms with E-state index >= 15 is 0 Å². The third-order valence-electron chi connectivity index (χ3n) is 4.61. The largest absolute Gasteiger partial charge is 0.356 e. The zero-order valence-corrected chi connectivity index (χ0v) is 18.9. The van der Waals surface area contributed by atoms with E-state index in [9.17, 15) is 0 Å². The maximum atomic E-state index is 4.42. The molecular weight excluding hydrogens is 479 g/mol. The first-order valence-electron chi connectivity index (χ1n) is 8.44. The molecule has 1 heterocycles. The summed E-state index contributed by atoms with van der Waals surface area (Å²) >= 11 is 3.61. The number of halogens is 2. The highest BCUT2D eigenvalue weighted by Gasteiger charge is 2.16. The lowest BCUT2D eigenvalue weighted by Gasteiger charge is -2.29. The van der Waals surface area contributed by atoms with Crippen molar-refractivity contribution in [2.24, 2.45) is 10.9 Å². The Balaban J connectivity index is 0.00000288. The first kappa shape index (κ1) is 21.7. The fourth-order valence-corrected chi connectivity index (χ4v) is 3.49. The molecule has 1 fully saturated rings. The molecule has 1 N–H and O–H groups in total. The maximum Gasteiger partial charge on any atom is 0.193 e. The Morgan fingerprint density at radius 3 is 2.62 bits per heavy atom. The van der Waals surface area contributed by atoms with Gasteiger partial charge in [0.15, 0.2) is 5.96 Å². The molecule has 2 rings (SSSR count). The molecule has 24 heavy (non-hydrogen) atoms. The van der Waals surface area contributed by atoms with E-state index in [2.05, 4.69) is 68.3 Å². The van der Waals surface area contributed by atoms with Gasteiger partial charge < -0.3 is 15.1 Å². The number of rotatable bonds is 5. The molecule has 1 saturated heterocycles. The van der Waals surface area contributed by atoms with Gasteiger partial charge in [0.25, 0.3) is 0 Å². The molecule has 1 aliphatic heterocycles. The van der Waals surface area contributed by atoms with Crippen LogP contribution in [0.3, 0.4) is 0 Å². The summed E-state index contributed by atoms with van der Waals surface area (Å²) in [4.78, 5) is 9.02. The van der Waals surface area contributed by atoms with E-state index < -0.39 is 0 Å². The van der Waals surface area contributed by atoms with Crippen molar-refractivity contribution >= 4 is 45.9 Å². The molecule has 0 unspecified atom stereocenters. The van der Waals surface area contributed by atoms with Crippen LogP contribution in [0.1, 0.15) is 24.8 Å². The van der Waals surface area contributed by atoms with Crippen LogP contribution in [0, 0.1) is 5.92 Å². The smallest absolute Gasteiger partial charge is 0.193 e. The summed E-state index contributed by atoms with van der Waals surface area (Å²) in [7, 11) is 6.16. The standard InChI is InChI=1S/C18H29BrN4.HI/c1-20-18(21-11-8-15-9-12-22(2)13-10-15)23(3)14-16-6-4-5-7-17(16)19;/h4-7,15H,8-14H2,1-3H3,(H,20,21);1H. The third-order valence-corrected chi connectivity index (χ3v) is 5.39. The van der Waals surface area contributed by atoms with Crippen molar-refractivity contribution in [2.75, 3.05) is 40.8 Å². The molecule has 1 aromatic carbocycles. The Labute approximate surface area is 172 Å². The maximum absolute atomic E-state index is 4.42. The van der Waals surface area contributed by atoms with E-state index in [0.29, 0.717) is 0 Å². The van der Waals surface area contributed by atoms with Gasteiger partial charge in [0.05, 0.1) is 0 Å². The number of guanidine groups is 1. The average molecular weight is 509 g/mol. The van der Waals surface area contributed by atoms with Crippen LogP contribution < -0.4 is 5.32 Å². The molecule has 0 aromatic heterocycles. The quantitative estimate of drug-likeness (QED) is 0.373. The minimum atomic E-state index is 0. The predicted molar refractivity (Wildman–Crippen MR) is 117 cm³/mol. The van der Waals surface area contributed by atoms with Gasteiger partial charge >= 0.3 is 0 Å². The van der Waals surface area contributed by atoms with E-state index in [0.717, 1.165) is 29.4 Å². The van der Waals surface area contributed by atoms with Crippen molar-refractivity contribution in [3.63, 3.8) is 0 Å². The summed E-state index contributed by atoms with van der Waals surface area (Å²) < 4.78 is 1.15. The molecule has 0 aliphatic carbocycles. The van der Waals surface area contributed by atoms with Crippen LogP contribution in [-0.2, 0) is 6.54 Å². The SMILES string of the molecule is CN=C(NCCC1CCN(C)CC1)N(C)Cc1ccccc1Br.I. The molecule has 1 aromatic rings. The second kappa shape index (κ2) is 11.3. The molecule has 6 heteroatoms. The lowest BCUT2D eigenvalue weighted by atomic mass is 9.94. The van der Waals surface area contributed by atoms with Crippen molar-refractivity contribution in [1.82, 2.24) is 15.1 Å². The number of hydrogen-bond donors (Lipinski definition) is 1. The zero-order valence-electron chi connectivity index (χ0n) is 15.0. The lowest BCUT2D eigenvalue weighted by molar-refractivity contribution is 0.212. The number of nitrogens with one attached hydrogen (secondary N) is 1. The van der Waals surface area contributed by atoms with Gasteiger partial charge in [-0.15, -0.1) is 24.0 Å². The highest BCUT2D eigenvalue weighted by atomic mass is 127. The Kier molecular flexibility index (Phi) is 10.2. The van der Waals surface area contributed by atoms with Gasteiger partial charge in [0.2, 0.25) is 0 Å². The monoisotopic (exact) mass is 508 g/mol. The van der Waals surface area contributed by atoms with Crippen LogP contribution in [-0.4, -0.2) is 56.5 Å². The minimum Gasteiger partial charge on any atom is -0.356 e. The van der Waals surface area contributed by atoms with Gasteiger partial charge in [-0.1, -0.05) is 34.1 Å². The predicted octanol–water partition coefficient (Wildman–Crippen LogP) is 3.81. The van der Waals surface area contributed by atoms with Crippen molar-refractivity contribution in [1.29, 1.82) is 0 Å². The van der Waals surface area contributed by atoms with Gasteiger partial charge in [0, 0.05) is 31.7 Å². The Hall–Kier alpha value is -0.340. The van der Waals surface area contributed by atoms with Gasteiger partial charge in [-0.05, 0) is 56.9 Å². The van der Waals surface area contributed by atoms with Crippen molar-refractivity contribution < 1.29 is 0 Å². The van der Waals surface area contributed by atoms with Crippen LogP contribution in [0.4, 0.5) is 0 Å². The molecule has 4 nitrogen and oxygen atoms in total. The third kappa shape index (κ3) is 6.88. The molecule has 0 atom stereocenters. The van der Waals surface area contributed by atoms with Crippen LogP contribution in [0.5, 0.6) is 0 Å². The molecule has 136 valence electrons. The van der Waals surface area contributed by atoms with Crippen LogP contribution >= 0.6 is 39.9 Å². The van der Waals surface area contributed by atoms with E-state index in [4.69, 9.17) is 0 Å². The van der Waals surface area contributed by atoms with E-state index in [1.54, 1.807) is 0 Å². The van der Waals surface area contributed by atoms with Crippen molar-refractivity contribution in [3.8, 4) is 0 Å². The van der Waals surface area contributed by atoms with Crippen LogP contribution in [0.15, 0.2) is 33.7 Å². The number of benzene rings is 1. The highest BCUT2D eigenvalue weighted by molar-refractivity contribution is 14.0. The van der Waals surface area contributed by atoms with Crippen LogP contribution in [0.2, 0.25) is 0 Å².